The lowest BCUT2D eigenvalue weighted by atomic mass is 10.4. The summed E-state index contributed by atoms with van der Waals surface area (Å²) in [6, 6.07) is 0. The summed E-state index contributed by atoms with van der Waals surface area (Å²) >= 11 is 0. The molecule has 0 bridgehead atoms. The van der Waals surface area contributed by atoms with E-state index in [4.69, 9.17) is 35.2 Å². The summed E-state index contributed by atoms with van der Waals surface area (Å²) in [6.45, 7) is 8.07. The predicted molar refractivity (Wildman–Crippen MR) is 81.2 cm³/mol. The molecule has 0 heterocycles. The quantitative estimate of drug-likeness (QED) is 0.291. The van der Waals surface area contributed by atoms with E-state index in [1.54, 1.807) is 0 Å². The Bertz CT molecular complexity index is 196. The number of rotatable bonds is 17. The Morgan fingerprint density at radius 1 is 0.571 bits per heavy atom. The van der Waals surface area contributed by atoms with Crippen molar-refractivity contribution >= 4 is 0 Å². The molecule has 128 valence electrons. The fourth-order valence-electron chi connectivity index (χ4n) is 1.35. The van der Waals surface area contributed by atoms with Crippen LogP contribution in [-0.2, 0) is 23.7 Å². The van der Waals surface area contributed by atoms with E-state index < -0.39 is 0 Å². The Hall–Kier alpha value is -0.280. The summed E-state index contributed by atoms with van der Waals surface area (Å²) in [5.41, 5.74) is 10.8. The van der Waals surface area contributed by atoms with Gasteiger partial charge >= 0.3 is 0 Å². The third kappa shape index (κ3) is 19.7. The highest BCUT2D eigenvalue weighted by Gasteiger charge is 1.95. The van der Waals surface area contributed by atoms with E-state index in [9.17, 15) is 0 Å². The second-order valence-electron chi connectivity index (χ2n) is 4.51. The second-order valence-corrected chi connectivity index (χ2v) is 4.51. The zero-order chi connectivity index (χ0) is 15.6. The average molecular weight is 308 g/mol. The van der Waals surface area contributed by atoms with Crippen molar-refractivity contribution < 1.29 is 23.7 Å². The lowest BCUT2D eigenvalue weighted by Crippen LogP contribution is -2.31. The van der Waals surface area contributed by atoms with E-state index in [2.05, 4.69) is 6.92 Å². The van der Waals surface area contributed by atoms with Crippen molar-refractivity contribution in [2.45, 2.75) is 25.9 Å². The maximum absolute atomic E-state index is 5.39. The smallest absolute Gasteiger partial charge is 0.0701 e. The van der Waals surface area contributed by atoms with Crippen LogP contribution in [0.5, 0.6) is 0 Å². The zero-order valence-corrected chi connectivity index (χ0v) is 13.3. The van der Waals surface area contributed by atoms with Crippen LogP contribution >= 0.6 is 0 Å². The molecule has 0 atom stereocenters. The van der Waals surface area contributed by atoms with Gasteiger partial charge in [0.15, 0.2) is 0 Å². The van der Waals surface area contributed by atoms with Gasteiger partial charge in [0.25, 0.3) is 0 Å². The maximum Gasteiger partial charge on any atom is 0.0701 e. The monoisotopic (exact) mass is 308 g/mol. The van der Waals surface area contributed by atoms with E-state index in [-0.39, 0.29) is 6.17 Å². The summed E-state index contributed by atoms with van der Waals surface area (Å²) in [6.07, 6.45) is 1.39. The Kier molecular flexibility index (Phi) is 17.5. The minimum absolute atomic E-state index is 0.306. The van der Waals surface area contributed by atoms with E-state index in [1.807, 2.05) is 0 Å². The molecule has 0 aromatic carbocycles. The number of ether oxygens (including phenoxy) is 5. The molecule has 0 radical (unpaired) electrons. The Balaban J connectivity index is 2.93. The zero-order valence-electron chi connectivity index (χ0n) is 13.3. The third-order valence-corrected chi connectivity index (χ3v) is 2.43. The van der Waals surface area contributed by atoms with Crippen LogP contribution in [0.25, 0.3) is 0 Å². The van der Waals surface area contributed by atoms with Gasteiger partial charge in [-0.1, -0.05) is 6.92 Å². The molecular formula is C14H32N2O5. The van der Waals surface area contributed by atoms with Crippen LogP contribution in [0.3, 0.4) is 0 Å². The van der Waals surface area contributed by atoms with Crippen molar-refractivity contribution in [1.29, 1.82) is 0 Å². The van der Waals surface area contributed by atoms with Gasteiger partial charge in [-0.05, 0) is 12.8 Å². The summed E-state index contributed by atoms with van der Waals surface area (Å²) in [5, 5.41) is 0. The molecule has 0 rings (SSSR count). The SMILES string of the molecule is CCCOCCOCCOCCOCCOCCC(N)N. The molecule has 0 spiro atoms. The van der Waals surface area contributed by atoms with Crippen molar-refractivity contribution in [3.05, 3.63) is 0 Å². The van der Waals surface area contributed by atoms with Gasteiger partial charge < -0.3 is 35.2 Å². The molecule has 0 aliphatic rings. The summed E-state index contributed by atoms with van der Waals surface area (Å²) in [5.74, 6) is 0. The lowest BCUT2D eigenvalue weighted by Gasteiger charge is -2.08. The van der Waals surface area contributed by atoms with E-state index in [1.165, 1.54) is 0 Å². The van der Waals surface area contributed by atoms with Gasteiger partial charge in [-0.3, -0.25) is 0 Å². The molecule has 0 aliphatic carbocycles. The largest absolute Gasteiger partial charge is 0.379 e. The molecule has 7 nitrogen and oxygen atoms in total. The Labute approximate surface area is 128 Å². The predicted octanol–water partition coefficient (Wildman–Crippen LogP) is 0.113. The van der Waals surface area contributed by atoms with Gasteiger partial charge in [0.1, 0.15) is 0 Å². The van der Waals surface area contributed by atoms with Gasteiger partial charge in [0, 0.05) is 13.2 Å². The summed E-state index contributed by atoms with van der Waals surface area (Å²) in [4.78, 5) is 0. The van der Waals surface area contributed by atoms with E-state index in [0.29, 0.717) is 65.9 Å². The van der Waals surface area contributed by atoms with Gasteiger partial charge in [-0.15, -0.1) is 0 Å². The Morgan fingerprint density at radius 3 is 1.24 bits per heavy atom. The molecule has 0 unspecified atom stereocenters. The van der Waals surface area contributed by atoms with E-state index >= 15 is 0 Å². The molecule has 0 fully saturated rings. The molecule has 7 heteroatoms. The van der Waals surface area contributed by atoms with Crippen molar-refractivity contribution in [1.82, 2.24) is 0 Å². The fourth-order valence-corrected chi connectivity index (χ4v) is 1.35. The molecule has 0 saturated heterocycles. The molecule has 0 amide bonds. The standard InChI is InChI=1S/C14H32N2O5/c1-2-4-17-6-8-19-10-12-21-13-11-20-9-7-18-5-3-14(15)16/h14H,2-13,15-16H2,1H3. The second kappa shape index (κ2) is 17.8. The molecule has 21 heavy (non-hydrogen) atoms. The van der Waals surface area contributed by atoms with Crippen LogP contribution in [0.2, 0.25) is 0 Å². The van der Waals surface area contributed by atoms with Crippen LogP contribution in [0.4, 0.5) is 0 Å². The normalized spacial score (nSPS) is 11.4. The molecule has 0 saturated carbocycles. The van der Waals surface area contributed by atoms with Gasteiger partial charge in [0.05, 0.1) is 59.0 Å². The molecule has 0 aromatic rings. The summed E-state index contributed by atoms with van der Waals surface area (Å²) in [7, 11) is 0. The first-order valence-electron chi connectivity index (χ1n) is 7.67. The molecule has 0 aliphatic heterocycles. The van der Waals surface area contributed by atoms with Gasteiger partial charge in [-0.25, -0.2) is 0 Å². The number of nitrogens with two attached hydrogens (primary N) is 2. The van der Waals surface area contributed by atoms with Crippen LogP contribution in [0.15, 0.2) is 0 Å². The first kappa shape index (κ1) is 20.7. The minimum atomic E-state index is -0.306. The highest BCUT2D eigenvalue weighted by molar-refractivity contribution is 4.48. The topological polar surface area (TPSA) is 98.2 Å². The van der Waals surface area contributed by atoms with Crippen molar-refractivity contribution in [2.75, 3.05) is 66.1 Å². The van der Waals surface area contributed by atoms with Crippen LogP contribution in [-0.4, -0.2) is 72.2 Å². The fraction of sp³-hybridized carbons (Fsp3) is 1.00. The highest BCUT2D eigenvalue weighted by atomic mass is 16.6. The number of hydrogen-bond acceptors (Lipinski definition) is 7. The highest BCUT2D eigenvalue weighted by Crippen LogP contribution is 1.86. The van der Waals surface area contributed by atoms with Gasteiger partial charge in [0.2, 0.25) is 0 Å². The molecular weight excluding hydrogens is 276 g/mol. The maximum atomic E-state index is 5.39. The first-order chi connectivity index (χ1) is 10.3. The van der Waals surface area contributed by atoms with Gasteiger partial charge in [-0.2, -0.15) is 0 Å². The lowest BCUT2D eigenvalue weighted by molar-refractivity contribution is -0.0113. The van der Waals surface area contributed by atoms with Crippen molar-refractivity contribution in [3.8, 4) is 0 Å². The Morgan fingerprint density at radius 2 is 0.905 bits per heavy atom. The number of hydrogen-bond donors (Lipinski definition) is 2. The van der Waals surface area contributed by atoms with Crippen LogP contribution in [0, 0.1) is 0 Å². The van der Waals surface area contributed by atoms with Crippen molar-refractivity contribution in [3.63, 3.8) is 0 Å². The molecule has 4 N–H and O–H groups in total. The average Bonchev–Trinajstić information content (AvgIpc) is 2.46. The third-order valence-electron chi connectivity index (χ3n) is 2.43. The molecule has 0 aromatic heterocycles. The summed E-state index contributed by atoms with van der Waals surface area (Å²) < 4.78 is 26.6. The minimum Gasteiger partial charge on any atom is -0.379 e. The van der Waals surface area contributed by atoms with Crippen LogP contribution in [0.1, 0.15) is 19.8 Å². The van der Waals surface area contributed by atoms with Crippen LogP contribution < -0.4 is 11.5 Å². The van der Waals surface area contributed by atoms with Crippen molar-refractivity contribution in [2.24, 2.45) is 11.5 Å². The van der Waals surface area contributed by atoms with E-state index in [0.717, 1.165) is 13.0 Å². The first-order valence-corrected chi connectivity index (χ1v) is 7.67.